The van der Waals surface area contributed by atoms with E-state index >= 15 is 0 Å². The maximum atomic E-state index is 13.6. The zero-order valence-corrected chi connectivity index (χ0v) is 18.4. The molecule has 1 saturated heterocycles. The lowest BCUT2D eigenvalue weighted by Crippen LogP contribution is -2.44. The third-order valence-corrected chi connectivity index (χ3v) is 7.02. The van der Waals surface area contributed by atoms with Gasteiger partial charge in [0, 0.05) is 19.2 Å². The van der Waals surface area contributed by atoms with Crippen LogP contribution in [0.4, 0.5) is 5.69 Å². The normalized spacial score (nSPS) is 14.3. The summed E-state index contributed by atoms with van der Waals surface area (Å²) >= 11 is 0. The number of anilines is 1. The van der Waals surface area contributed by atoms with Gasteiger partial charge in [-0.3, -0.25) is 9.10 Å². The lowest BCUT2D eigenvalue weighted by Gasteiger charge is -2.30. The number of carbonyl (C=O) groups excluding carboxylic acids is 1. The second-order valence-electron chi connectivity index (χ2n) is 7.31. The molecule has 0 saturated carbocycles. The molecule has 0 radical (unpaired) electrons. The van der Waals surface area contributed by atoms with Crippen LogP contribution in [0.2, 0.25) is 0 Å². The SMILES string of the molecule is COc1ccc(S(=O)(=O)N(CC(=O)N2CCCCC2)c2ccc(C)cc2)cc1OC. The molecule has 2 aromatic carbocycles. The summed E-state index contributed by atoms with van der Waals surface area (Å²) in [6.07, 6.45) is 2.98. The number of amides is 1. The molecule has 1 aliphatic heterocycles. The molecule has 0 unspecified atom stereocenters. The highest BCUT2D eigenvalue weighted by molar-refractivity contribution is 7.92. The molecule has 1 aliphatic rings. The third-order valence-electron chi connectivity index (χ3n) is 5.25. The summed E-state index contributed by atoms with van der Waals surface area (Å²) in [5.74, 6) is 0.548. The van der Waals surface area contributed by atoms with Crippen molar-refractivity contribution in [2.45, 2.75) is 31.1 Å². The van der Waals surface area contributed by atoms with E-state index in [4.69, 9.17) is 9.47 Å². The zero-order chi connectivity index (χ0) is 21.7. The standard InChI is InChI=1S/C22H28N2O5S/c1-17-7-9-18(10-8-17)24(16-22(25)23-13-5-4-6-14-23)30(26,27)19-11-12-20(28-2)21(15-19)29-3/h7-12,15H,4-6,13-14,16H2,1-3H3. The first-order valence-corrected chi connectivity index (χ1v) is 11.4. The lowest BCUT2D eigenvalue weighted by atomic mass is 10.1. The number of hydrogen-bond acceptors (Lipinski definition) is 5. The second-order valence-corrected chi connectivity index (χ2v) is 9.17. The van der Waals surface area contributed by atoms with Gasteiger partial charge in [-0.1, -0.05) is 17.7 Å². The van der Waals surface area contributed by atoms with Gasteiger partial charge in [-0.05, 0) is 50.5 Å². The number of ether oxygens (including phenoxy) is 2. The fraction of sp³-hybridized carbons (Fsp3) is 0.409. The minimum absolute atomic E-state index is 0.0344. The van der Waals surface area contributed by atoms with Crippen LogP contribution in [0.25, 0.3) is 0 Å². The highest BCUT2D eigenvalue weighted by atomic mass is 32.2. The molecule has 0 aliphatic carbocycles. The number of piperidine rings is 1. The van der Waals surface area contributed by atoms with Gasteiger partial charge >= 0.3 is 0 Å². The molecular weight excluding hydrogens is 404 g/mol. The Morgan fingerprint density at radius 1 is 0.967 bits per heavy atom. The van der Waals surface area contributed by atoms with E-state index in [1.807, 2.05) is 19.1 Å². The molecule has 162 valence electrons. The number of methoxy groups -OCH3 is 2. The predicted molar refractivity (Wildman–Crippen MR) is 116 cm³/mol. The van der Waals surface area contributed by atoms with Gasteiger partial charge in [0.2, 0.25) is 5.91 Å². The second kappa shape index (κ2) is 9.38. The zero-order valence-electron chi connectivity index (χ0n) is 17.6. The number of aryl methyl sites for hydroxylation is 1. The van der Waals surface area contributed by atoms with E-state index in [9.17, 15) is 13.2 Å². The van der Waals surface area contributed by atoms with Crippen molar-refractivity contribution in [3.63, 3.8) is 0 Å². The summed E-state index contributed by atoms with van der Waals surface area (Å²) in [7, 11) is -1.07. The number of likely N-dealkylation sites (tertiary alicyclic amines) is 1. The van der Waals surface area contributed by atoms with Gasteiger partial charge in [0.25, 0.3) is 10.0 Å². The summed E-state index contributed by atoms with van der Waals surface area (Å²) in [4.78, 5) is 14.7. The predicted octanol–water partition coefficient (Wildman–Crippen LogP) is 3.22. The van der Waals surface area contributed by atoms with Crippen LogP contribution in [0.1, 0.15) is 24.8 Å². The minimum atomic E-state index is -4.01. The van der Waals surface area contributed by atoms with Gasteiger partial charge < -0.3 is 14.4 Å². The Kier molecular flexibility index (Phi) is 6.87. The van der Waals surface area contributed by atoms with E-state index < -0.39 is 10.0 Å². The smallest absolute Gasteiger partial charge is 0.264 e. The summed E-state index contributed by atoms with van der Waals surface area (Å²) in [5.41, 5.74) is 1.45. The van der Waals surface area contributed by atoms with Crippen molar-refractivity contribution in [2.75, 3.05) is 38.2 Å². The average Bonchev–Trinajstić information content (AvgIpc) is 2.78. The molecule has 2 aromatic rings. The maximum Gasteiger partial charge on any atom is 0.264 e. The Morgan fingerprint density at radius 3 is 2.20 bits per heavy atom. The summed E-state index contributed by atoms with van der Waals surface area (Å²) in [5, 5.41) is 0. The Bertz CT molecular complexity index is 983. The number of benzene rings is 2. The maximum absolute atomic E-state index is 13.6. The van der Waals surface area contributed by atoms with Crippen molar-refractivity contribution < 1.29 is 22.7 Å². The quantitative estimate of drug-likeness (QED) is 0.672. The Labute approximate surface area is 178 Å². The van der Waals surface area contributed by atoms with Crippen LogP contribution in [0, 0.1) is 6.92 Å². The first-order valence-electron chi connectivity index (χ1n) is 9.96. The third kappa shape index (κ3) is 4.70. The van der Waals surface area contributed by atoms with Crippen LogP contribution in [-0.4, -0.2) is 53.1 Å². The van der Waals surface area contributed by atoms with Gasteiger partial charge in [0.15, 0.2) is 11.5 Å². The van der Waals surface area contributed by atoms with Crippen LogP contribution in [-0.2, 0) is 14.8 Å². The minimum Gasteiger partial charge on any atom is -0.493 e. The molecule has 0 bridgehead atoms. The number of rotatable bonds is 7. The molecule has 0 aromatic heterocycles. The number of carbonyl (C=O) groups is 1. The monoisotopic (exact) mass is 432 g/mol. The van der Waals surface area contributed by atoms with E-state index in [2.05, 4.69) is 0 Å². The molecule has 0 spiro atoms. The molecule has 7 nitrogen and oxygen atoms in total. The first kappa shape index (κ1) is 22.0. The molecule has 30 heavy (non-hydrogen) atoms. The molecule has 0 N–H and O–H groups in total. The van der Waals surface area contributed by atoms with Crippen molar-refractivity contribution in [1.82, 2.24) is 4.90 Å². The van der Waals surface area contributed by atoms with Gasteiger partial charge in [-0.25, -0.2) is 8.42 Å². The van der Waals surface area contributed by atoms with E-state index in [-0.39, 0.29) is 17.3 Å². The average molecular weight is 433 g/mol. The van der Waals surface area contributed by atoms with Gasteiger partial charge in [0.05, 0.1) is 24.8 Å². The Hall–Kier alpha value is -2.74. The van der Waals surface area contributed by atoms with Crippen molar-refractivity contribution in [1.29, 1.82) is 0 Å². The van der Waals surface area contributed by atoms with Gasteiger partial charge in [-0.2, -0.15) is 0 Å². The van der Waals surface area contributed by atoms with Crippen molar-refractivity contribution in [3.8, 4) is 11.5 Å². The topological polar surface area (TPSA) is 76.2 Å². The van der Waals surface area contributed by atoms with Gasteiger partial charge in [0.1, 0.15) is 6.54 Å². The Morgan fingerprint density at radius 2 is 1.60 bits per heavy atom. The van der Waals surface area contributed by atoms with Crippen molar-refractivity contribution in [2.24, 2.45) is 0 Å². The number of nitrogens with zero attached hydrogens (tertiary/aromatic N) is 2. The fourth-order valence-corrected chi connectivity index (χ4v) is 4.93. The molecule has 1 heterocycles. The van der Waals surface area contributed by atoms with E-state index in [1.54, 1.807) is 23.1 Å². The molecule has 8 heteroatoms. The van der Waals surface area contributed by atoms with Crippen LogP contribution in [0.15, 0.2) is 47.4 Å². The summed E-state index contributed by atoms with van der Waals surface area (Å²) in [6, 6.07) is 11.5. The summed E-state index contributed by atoms with van der Waals surface area (Å²) in [6.45, 7) is 3.00. The highest BCUT2D eigenvalue weighted by Gasteiger charge is 2.30. The Balaban J connectivity index is 1.99. The molecule has 1 fully saturated rings. The largest absolute Gasteiger partial charge is 0.493 e. The highest BCUT2D eigenvalue weighted by Crippen LogP contribution is 2.32. The van der Waals surface area contributed by atoms with E-state index in [0.717, 1.165) is 24.8 Å². The number of sulfonamides is 1. The summed E-state index contributed by atoms with van der Waals surface area (Å²) < 4.78 is 38.8. The van der Waals surface area contributed by atoms with Crippen LogP contribution < -0.4 is 13.8 Å². The van der Waals surface area contributed by atoms with Crippen molar-refractivity contribution >= 4 is 21.6 Å². The van der Waals surface area contributed by atoms with Crippen LogP contribution >= 0.6 is 0 Å². The first-order chi connectivity index (χ1) is 14.4. The lowest BCUT2D eigenvalue weighted by molar-refractivity contribution is -0.130. The van der Waals surface area contributed by atoms with E-state index in [0.29, 0.717) is 30.3 Å². The number of hydrogen-bond donors (Lipinski definition) is 0. The molecular formula is C22H28N2O5S. The van der Waals surface area contributed by atoms with Crippen LogP contribution in [0.3, 0.4) is 0 Å². The van der Waals surface area contributed by atoms with Gasteiger partial charge in [-0.15, -0.1) is 0 Å². The van der Waals surface area contributed by atoms with Crippen molar-refractivity contribution in [3.05, 3.63) is 48.0 Å². The van der Waals surface area contributed by atoms with E-state index in [1.165, 1.54) is 30.7 Å². The molecule has 0 atom stereocenters. The molecule has 1 amide bonds. The fourth-order valence-electron chi connectivity index (χ4n) is 3.50. The van der Waals surface area contributed by atoms with Crippen LogP contribution in [0.5, 0.6) is 11.5 Å². The molecule has 3 rings (SSSR count).